The minimum Gasteiger partial charge on any atom is -0.300 e. The molecule has 0 amide bonds. The minimum atomic E-state index is 0.818. The number of nitrogens with zero attached hydrogens (tertiary/aromatic N) is 2. The second-order valence-electron chi connectivity index (χ2n) is 3.41. The van der Waals surface area contributed by atoms with E-state index < -0.39 is 0 Å². The predicted molar refractivity (Wildman–Crippen MR) is 61.6 cm³/mol. The highest BCUT2D eigenvalue weighted by atomic mass is 15.4. The average Bonchev–Trinajstić information content (AvgIpc) is 2.57. The number of aryl methyl sites for hydroxylation is 2. The van der Waals surface area contributed by atoms with Crippen molar-refractivity contribution in [2.75, 3.05) is 10.9 Å². The first kappa shape index (κ1) is 9.58. The van der Waals surface area contributed by atoms with Crippen molar-refractivity contribution in [3.05, 3.63) is 42.1 Å². The molecule has 4 heteroatoms. The number of benzene rings is 1. The summed E-state index contributed by atoms with van der Waals surface area (Å²) in [5, 5.41) is 4.27. The van der Waals surface area contributed by atoms with Gasteiger partial charge in [-0.25, -0.2) is 0 Å². The summed E-state index contributed by atoms with van der Waals surface area (Å²) in [5.74, 6) is 0.818. The number of hydrazine groups is 1. The molecule has 2 rings (SSSR count). The van der Waals surface area contributed by atoms with Crippen molar-refractivity contribution in [3.63, 3.8) is 0 Å². The third-order valence-corrected chi connectivity index (χ3v) is 2.22. The minimum absolute atomic E-state index is 0.818. The molecular weight excluding hydrogens is 188 g/mol. The van der Waals surface area contributed by atoms with Gasteiger partial charge in [-0.05, 0) is 19.1 Å². The first-order valence-electron chi connectivity index (χ1n) is 4.83. The fraction of sp³-hybridized carbons (Fsp3) is 0.182. The Hall–Kier alpha value is -1.97. The van der Waals surface area contributed by atoms with Crippen molar-refractivity contribution in [2.45, 2.75) is 6.92 Å². The van der Waals surface area contributed by atoms with Gasteiger partial charge in [0.15, 0.2) is 5.82 Å². The molecule has 0 spiro atoms. The molecule has 1 aromatic carbocycles. The zero-order valence-corrected chi connectivity index (χ0v) is 8.86. The monoisotopic (exact) mass is 202 g/mol. The number of para-hydroxylation sites is 1. The molecule has 1 aromatic heterocycles. The molecular formula is C11H14N4. The molecule has 0 saturated heterocycles. The van der Waals surface area contributed by atoms with Crippen molar-refractivity contribution < 1.29 is 0 Å². The fourth-order valence-corrected chi connectivity index (χ4v) is 1.28. The summed E-state index contributed by atoms with van der Waals surface area (Å²) in [7, 11) is 1.92. The Bertz CT molecular complexity index is 414. The Labute approximate surface area is 88.9 Å². The Morgan fingerprint density at radius 3 is 2.47 bits per heavy atom. The standard InChI is InChI=1S/C11H14N4/c1-9-8-11(14-15(9)2)13-12-10-6-4-3-5-7-10/h3-8,12H,1-2H3,(H,13,14). The van der Waals surface area contributed by atoms with E-state index in [4.69, 9.17) is 0 Å². The molecule has 78 valence electrons. The topological polar surface area (TPSA) is 41.9 Å². The van der Waals surface area contributed by atoms with E-state index in [0.717, 1.165) is 17.2 Å². The summed E-state index contributed by atoms with van der Waals surface area (Å²) in [6.07, 6.45) is 0. The van der Waals surface area contributed by atoms with E-state index in [1.165, 1.54) is 0 Å². The molecule has 2 N–H and O–H groups in total. The van der Waals surface area contributed by atoms with Crippen LogP contribution in [0.1, 0.15) is 5.69 Å². The molecule has 0 aliphatic carbocycles. The molecule has 4 nitrogen and oxygen atoms in total. The number of hydrogen-bond donors (Lipinski definition) is 2. The van der Waals surface area contributed by atoms with E-state index in [0.29, 0.717) is 0 Å². The maximum absolute atomic E-state index is 4.27. The van der Waals surface area contributed by atoms with Crippen LogP contribution in [0.15, 0.2) is 36.4 Å². The summed E-state index contributed by atoms with van der Waals surface area (Å²) >= 11 is 0. The molecule has 1 heterocycles. The second-order valence-corrected chi connectivity index (χ2v) is 3.41. The molecule has 15 heavy (non-hydrogen) atoms. The molecule has 0 aliphatic rings. The van der Waals surface area contributed by atoms with Crippen LogP contribution in [0.4, 0.5) is 11.5 Å². The SMILES string of the molecule is Cc1cc(NNc2ccccc2)nn1C. The summed E-state index contributed by atoms with van der Waals surface area (Å²) in [6.45, 7) is 2.01. The van der Waals surface area contributed by atoms with E-state index >= 15 is 0 Å². The van der Waals surface area contributed by atoms with Crippen LogP contribution in [0, 0.1) is 6.92 Å². The van der Waals surface area contributed by atoms with E-state index in [9.17, 15) is 0 Å². The van der Waals surface area contributed by atoms with Gasteiger partial charge in [0, 0.05) is 18.8 Å². The molecule has 0 radical (unpaired) electrons. The number of hydrogen-bond acceptors (Lipinski definition) is 3. The lowest BCUT2D eigenvalue weighted by Gasteiger charge is -2.05. The van der Waals surface area contributed by atoms with Crippen LogP contribution in [0.3, 0.4) is 0 Å². The van der Waals surface area contributed by atoms with Gasteiger partial charge in [0.1, 0.15) is 0 Å². The summed E-state index contributed by atoms with van der Waals surface area (Å²) in [5.41, 5.74) is 8.25. The predicted octanol–water partition coefficient (Wildman–Crippen LogP) is 2.17. The number of aromatic nitrogens is 2. The van der Waals surface area contributed by atoms with Crippen molar-refractivity contribution in [1.82, 2.24) is 9.78 Å². The second kappa shape index (κ2) is 4.04. The molecule has 0 unspecified atom stereocenters. The van der Waals surface area contributed by atoms with Crippen LogP contribution >= 0.6 is 0 Å². The fourth-order valence-electron chi connectivity index (χ4n) is 1.28. The molecule has 0 atom stereocenters. The van der Waals surface area contributed by atoms with Crippen molar-refractivity contribution in [2.24, 2.45) is 7.05 Å². The van der Waals surface area contributed by atoms with Crippen molar-refractivity contribution in [3.8, 4) is 0 Å². The largest absolute Gasteiger partial charge is 0.300 e. The van der Waals surface area contributed by atoms with Crippen LogP contribution < -0.4 is 10.9 Å². The van der Waals surface area contributed by atoms with Crippen molar-refractivity contribution >= 4 is 11.5 Å². The molecule has 0 bridgehead atoms. The zero-order valence-electron chi connectivity index (χ0n) is 8.86. The zero-order chi connectivity index (χ0) is 10.7. The summed E-state index contributed by atoms with van der Waals surface area (Å²) < 4.78 is 1.83. The Kier molecular flexibility index (Phi) is 2.58. The van der Waals surface area contributed by atoms with Gasteiger partial charge in [0.05, 0.1) is 5.69 Å². The van der Waals surface area contributed by atoms with Crippen LogP contribution in [0.25, 0.3) is 0 Å². The van der Waals surface area contributed by atoms with Crippen LogP contribution in [-0.4, -0.2) is 9.78 Å². The maximum Gasteiger partial charge on any atom is 0.166 e. The summed E-state index contributed by atoms with van der Waals surface area (Å²) in [6, 6.07) is 11.9. The number of nitrogens with one attached hydrogen (secondary N) is 2. The quantitative estimate of drug-likeness (QED) is 0.749. The highest BCUT2D eigenvalue weighted by molar-refractivity contribution is 5.49. The lowest BCUT2D eigenvalue weighted by molar-refractivity contribution is 0.742. The first-order valence-corrected chi connectivity index (χ1v) is 4.83. The normalized spacial score (nSPS) is 10.0. The smallest absolute Gasteiger partial charge is 0.166 e. The van der Waals surface area contributed by atoms with E-state index in [-0.39, 0.29) is 0 Å². The average molecular weight is 202 g/mol. The number of anilines is 2. The molecule has 2 aromatic rings. The van der Waals surface area contributed by atoms with E-state index in [2.05, 4.69) is 16.0 Å². The lowest BCUT2D eigenvalue weighted by Crippen LogP contribution is -2.09. The van der Waals surface area contributed by atoms with E-state index in [1.54, 1.807) is 0 Å². The van der Waals surface area contributed by atoms with Crippen LogP contribution in [0.2, 0.25) is 0 Å². The first-order chi connectivity index (χ1) is 7.25. The Morgan fingerprint density at radius 2 is 1.87 bits per heavy atom. The third-order valence-electron chi connectivity index (χ3n) is 2.22. The number of rotatable bonds is 3. The Morgan fingerprint density at radius 1 is 1.13 bits per heavy atom. The van der Waals surface area contributed by atoms with Crippen LogP contribution in [0.5, 0.6) is 0 Å². The van der Waals surface area contributed by atoms with Gasteiger partial charge >= 0.3 is 0 Å². The van der Waals surface area contributed by atoms with Gasteiger partial charge in [0.2, 0.25) is 0 Å². The van der Waals surface area contributed by atoms with Gasteiger partial charge in [-0.3, -0.25) is 15.5 Å². The lowest BCUT2D eigenvalue weighted by atomic mass is 10.3. The van der Waals surface area contributed by atoms with E-state index in [1.807, 2.05) is 55.1 Å². The van der Waals surface area contributed by atoms with Gasteiger partial charge in [-0.2, -0.15) is 5.10 Å². The van der Waals surface area contributed by atoms with Crippen LogP contribution in [-0.2, 0) is 7.05 Å². The summed E-state index contributed by atoms with van der Waals surface area (Å²) in [4.78, 5) is 0. The Balaban J connectivity index is 1.99. The van der Waals surface area contributed by atoms with Gasteiger partial charge < -0.3 is 0 Å². The van der Waals surface area contributed by atoms with Crippen molar-refractivity contribution in [1.29, 1.82) is 0 Å². The highest BCUT2D eigenvalue weighted by Gasteiger charge is 1.98. The molecule has 0 saturated carbocycles. The third kappa shape index (κ3) is 2.28. The molecule has 0 fully saturated rings. The molecule has 0 aliphatic heterocycles. The van der Waals surface area contributed by atoms with Gasteiger partial charge in [0.25, 0.3) is 0 Å². The van der Waals surface area contributed by atoms with Gasteiger partial charge in [-0.15, -0.1) is 0 Å². The van der Waals surface area contributed by atoms with Gasteiger partial charge in [-0.1, -0.05) is 18.2 Å². The highest BCUT2D eigenvalue weighted by Crippen LogP contribution is 2.09. The maximum atomic E-state index is 4.27.